The van der Waals surface area contributed by atoms with Gasteiger partial charge in [0.1, 0.15) is 17.3 Å². The molecule has 5 rings (SSSR count). The van der Waals surface area contributed by atoms with Gasteiger partial charge >= 0.3 is 0 Å². The standard InChI is InChI=1S/C31H39N7O4/c1-35-20-33-19-24(35)18-26(32)28(39)34-27(17-22-9-11-25(42-3)12-10-22)29(40)37-15-13-31(14-16-37)30(41)36(2)21-38(31)23-7-5-4-6-8-23/h4-12,19-20,26-27H,13-18,21,32H2,1-3H3,(H,34,39). The highest BCUT2D eigenvalue weighted by molar-refractivity contribution is 5.94. The number of imidazole rings is 1. The number of ether oxygens (including phenoxy) is 1. The average molecular weight is 574 g/mol. The molecule has 222 valence electrons. The minimum Gasteiger partial charge on any atom is -0.497 e. The normalized spacial score (nSPS) is 17.8. The summed E-state index contributed by atoms with van der Waals surface area (Å²) in [4.78, 5) is 50.4. The summed E-state index contributed by atoms with van der Waals surface area (Å²) in [7, 11) is 5.26. The molecule has 3 N–H and O–H groups in total. The zero-order chi connectivity index (χ0) is 29.9. The number of methoxy groups -OCH3 is 1. The van der Waals surface area contributed by atoms with Gasteiger partial charge in [-0.15, -0.1) is 0 Å². The fourth-order valence-corrected chi connectivity index (χ4v) is 6.00. The predicted molar refractivity (Wildman–Crippen MR) is 159 cm³/mol. The maximum atomic E-state index is 14.0. The molecule has 0 radical (unpaired) electrons. The first-order valence-corrected chi connectivity index (χ1v) is 14.2. The summed E-state index contributed by atoms with van der Waals surface area (Å²) in [6.07, 6.45) is 4.93. The maximum absolute atomic E-state index is 14.0. The number of likely N-dealkylation sites (N-methyl/N-ethyl adjacent to an activating group) is 1. The number of rotatable bonds is 9. The van der Waals surface area contributed by atoms with Gasteiger partial charge in [0.2, 0.25) is 17.7 Å². The number of amides is 3. The van der Waals surface area contributed by atoms with Gasteiger partial charge in [-0.1, -0.05) is 30.3 Å². The molecule has 2 aromatic carbocycles. The van der Waals surface area contributed by atoms with Crippen LogP contribution >= 0.6 is 0 Å². The van der Waals surface area contributed by atoms with Crippen molar-refractivity contribution in [2.45, 2.75) is 43.3 Å². The summed E-state index contributed by atoms with van der Waals surface area (Å²) >= 11 is 0. The number of hydrogen-bond donors (Lipinski definition) is 2. The number of carbonyl (C=O) groups is 3. The molecule has 2 aliphatic rings. The number of hydrogen-bond acceptors (Lipinski definition) is 7. The maximum Gasteiger partial charge on any atom is 0.249 e. The number of carbonyl (C=O) groups excluding carboxylic acids is 3. The summed E-state index contributed by atoms with van der Waals surface area (Å²) in [5, 5.41) is 2.93. The van der Waals surface area contributed by atoms with Gasteiger partial charge in [-0.05, 0) is 42.7 Å². The van der Waals surface area contributed by atoms with Crippen molar-refractivity contribution in [1.82, 2.24) is 24.7 Å². The third-order valence-corrected chi connectivity index (χ3v) is 8.48. The number of nitrogens with one attached hydrogen (secondary N) is 1. The Hall–Kier alpha value is -4.38. The quantitative estimate of drug-likeness (QED) is 0.396. The highest BCUT2D eigenvalue weighted by atomic mass is 16.5. The van der Waals surface area contributed by atoms with E-state index in [4.69, 9.17) is 10.5 Å². The van der Waals surface area contributed by atoms with Crippen LogP contribution in [0.4, 0.5) is 5.69 Å². The van der Waals surface area contributed by atoms with E-state index in [0.717, 1.165) is 16.9 Å². The number of anilines is 1. The van der Waals surface area contributed by atoms with Crippen LogP contribution in [-0.2, 0) is 34.3 Å². The lowest BCUT2D eigenvalue weighted by Crippen LogP contribution is -2.60. The Morgan fingerprint density at radius 1 is 1.05 bits per heavy atom. The Bertz CT molecular complexity index is 1400. The van der Waals surface area contributed by atoms with Gasteiger partial charge in [0, 0.05) is 57.6 Å². The minimum atomic E-state index is -0.845. The zero-order valence-corrected chi connectivity index (χ0v) is 24.4. The van der Waals surface area contributed by atoms with Crippen molar-refractivity contribution in [1.29, 1.82) is 0 Å². The molecule has 42 heavy (non-hydrogen) atoms. The van der Waals surface area contributed by atoms with Gasteiger partial charge in [0.15, 0.2) is 0 Å². The van der Waals surface area contributed by atoms with Crippen LogP contribution in [0.3, 0.4) is 0 Å². The Labute approximate surface area is 246 Å². The van der Waals surface area contributed by atoms with Crippen LogP contribution in [0.5, 0.6) is 5.75 Å². The molecule has 2 unspecified atom stereocenters. The Kier molecular flexibility index (Phi) is 8.49. The molecule has 2 saturated heterocycles. The second kappa shape index (κ2) is 12.2. The van der Waals surface area contributed by atoms with Gasteiger partial charge < -0.3 is 35.1 Å². The van der Waals surface area contributed by atoms with Gasteiger partial charge in [0.05, 0.1) is 26.1 Å². The third kappa shape index (κ3) is 5.82. The highest BCUT2D eigenvalue weighted by Gasteiger charge is 2.53. The molecule has 2 fully saturated rings. The molecule has 1 spiro atoms. The first-order valence-electron chi connectivity index (χ1n) is 14.2. The van der Waals surface area contributed by atoms with Crippen molar-refractivity contribution in [3.63, 3.8) is 0 Å². The van der Waals surface area contributed by atoms with Crippen LogP contribution in [0.15, 0.2) is 67.1 Å². The number of para-hydroxylation sites is 1. The van der Waals surface area contributed by atoms with Crippen molar-refractivity contribution >= 4 is 23.4 Å². The van der Waals surface area contributed by atoms with Crippen LogP contribution in [0.2, 0.25) is 0 Å². The Balaban J connectivity index is 1.32. The summed E-state index contributed by atoms with van der Waals surface area (Å²) in [5.74, 6) is 0.188. The molecule has 3 aromatic rings. The molecule has 1 aromatic heterocycles. The van der Waals surface area contributed by atoms with Crippen LogP contribution in [-0.4, -0.2) is 88.6 Å². The van der Waals surface area contributed by atoms with Crippen molar-refractivity contribution < 1.29 is 19.1 Å². The topological polar surface area (TPSA) is 126 Å². The van der Waals surface area contributed by atoms with Crippen LogP contribution in [0, 0.1) is 0 Å². The van der Waals surface area contributed by atoms with E-state index in [-0.39, 0.29) is 11.8 Å². The number of likely N-dealkylation sites (tertiary alicyclic amines) is 1. The van der Waals surface area contributed by atoms with E-state index in [1.165, 1.54) is 0 Å². The van der Waals surface area contributed by atoms with Crippen molar-refractivity contribution in [2.24, 2.45) is 12.8 Å². The highest BCUT2D eigenvalue weighted by Crippen LogP contribution is 2.39. The first-order chi connectivity index (χ1) is 20.2. The number of nitrogens with two attached hydrogens (primary N) is 1. The van der Waals surface area contributed by atoms with E-state index in [0.29, 0.717) is 51.2 Å². The molecule has 3 amide bonds. The summed E-state index contributed by atoms with van der Waals surface area (Å²) in [5.41, 5.74) is 8.26. The van der Waals surface area contributed by atoms with Crippen molar-refractivity contribution in [3.8, 4) is 5.75 Å². The third-order valence-electron chi connectivity index (χ3n) is 8.48. The fraction of sp³-hybridized carbons (Fsp3) is 0.419. The van der Waals surface area contributed by atoms with Gasteiger partial charge in [0.25, 0.3) is 0 Å². The molecule has 2 aliphatic heterocycles. The second-order valence-corrected chi connectivity index (χ2v) is 11.2. The van der Waals surface area contributed by atoms with Gasteiger partial charge in [-0.2, -0.15) is 0 Å². The van der Waals surface area contributed by atoms with Crippen molar-refractivity contribution in [2.75, 3.05) is 38.8 Å². The number of piperidine rings is 1. The lowest BCUT2D eigenvalue weighted by molar-refractivity contribution is -0.140. The van der Waals surface area contributed by atoms with Gasteiger partial charge in [-0.25, -0.2) is 4.98 Å². The Morgan fingerprint density at radius 3 is 2.36 bits per heavy atom. The van der Waals surface area contributed by atoms with Crippen molar-refractivity contribution in [3.05, 3.63) is 78.4 Å². The monoisotopic (exact) mass is 573 g/mol. The lowest BCUT2D eigenvalue weighted by Gasteiger charge is -2.44. The number of nitrogens with zero attached hydrogens (tertiary/aromatic N) is 5. The minimum absolute atomic E-state index is 0.0719. The van der Waals surface area contributed by atoms with Crippen LogP contribution in [0.1, 0.15) is 24.1 Å². The van der Waals surface area contributed by atoms with E-state index < -0.39 is 23.5 Å². The van der Waals surface area contributed by atoms with Crippen LogP contribution in [0.25, 0.3) is 0 Å². The molecule has 2 atom stereocenters. The molecular weight excluding hydrogens is 534 g/mol. The zero-order valence-electron chi connectivity index (χ0n) is 24.4. The number of benzene rings is 2. The smallest absolute Gasteiger partial charge is 0.249 e. The average Bonchev–Trinajstić information content (AvgIpc) is 3.52. The molecule has 11 nitrogen and oxygen atoms in total. The summed E-state index contributed by atoms with van der Waals surface area (Å²) in [6.45, 7) is 1.30. The van der Waals surface area contributed by atoms with Crippen LogP contribution < -0.4 is 20.7 Å². The van der Waals surface area contributed by atoms with E-state index in [9.17, 15) is 14.4 Å². The first kappa shape index (κ1) is 29.1. The summed E-state index contributed by atoms with van der Waals surface area (Å²) in [6, 6.07) is 15.7. The molecule has 0 saturated carbocycles. The Morgan fingerprint density at radius 2 is 1.74 bits per heavy atom. The summed E-state index contributed by atoms with van der Waals surface area (Å²) < 4.78 is 7.09. The lowest BCUT2D eigenvalue weighted by atomic mass is 9.85. The SMILES string of the molecule is COc1ccc(CC(NC(=O)C(N)Cc2cncn2C)C(=O)N2CCC3(CC2)C(=O)N(C)CN3c2ccccc2)cc1. The molecule has 11 heteroatoms. The van der Waals surface area contributed by atoms with E-state index in [1.807, 2.05) is 73.3 Å². The largest absolute Gasteiger partial charge is 0.497 e. The van der Waals surface area contributed by atoms with Gasteiger partial charge in [-0.3, -0.25) is 14.4 Å². The predicted octanol–water partition coefficient (Wildman–Crippen LogP) is 1.32. The second-order valence-electron chi connectivity index (χ2n) is 11.2. The number of aryl methyl sites for hydroxylation is 1. The molecular formula is C31H39N7O4. The molecule has 0 bridgehead atoms. The molecule has 3 heterocycles. The fourth-order valence-electron chi connectivity index (χ4n) is 6.00. The van der Waals surface area contributed by atoms with E-state index >= 15 is 0 Å². The molecule has 0 aliphatic carbocycles. The van der Waals surface area contributed by atoms with E-state index in [2.05, 4.69) is 15.2 Å². The number of aromatic nitrogens is 2. The van der Waals surface area contributed by atoms with E-state index in [1.54, 1.807) is 29.4 Å².